The van der Waals surface area contributed by atoms with Crippen molar-refractivity contribution in [2.45, 2.75) is 6.42 Å². The maximum atomic E-state index is 11.2. The van der Waals surface area contributed by atoms with Crippen molar-refractivity contribution < 1.29 is 19.7 Å². The smallest absolute Gasteiger partial charge is 0.249 e. The molecule has 0 unspecified atom stereocenters. The van der Waals surface area contributed by atoms with E-state index in [0.717, 1.165) is 0 Å². The van der Waals surface area contributed by atoms with E-state index >= 15 is 0 Å². The number of carbonyl (C=O) groups excluding carboxylic acids is 1. The minimum Gasteiger partial charge on any atom is -0.396 e. The first-order valence-corrected chi connectivity index (χ1v) is 7.00. The lowest BCUT2D eigenvalue weighted by molar-refractivity contribution is -0.167. The van der Waals surface area contributed by atoms with Gasteiger partial charge in [-0.1, -0.05) is 0 Å². The number of nitrogens with zero attached hydrogens (tertiary/aromatic N) is 1. The van der Waals surface area contributed by atoms with Gasteiger partial charge in [0.25, 0.3) is 0 Å². The molecule has 0 spiro atoms. The molecule has 0 atom stereocenters. The number of hydroxylamine groups is 2. The van der Waals surface area contributed by atoms with Crippen LogP contribution >= 0.6 is 7.14 Å². The second-order valence-corrected chi connectivity index (χ2v) is 6.87. The van der Waals surface area contributed by atoms with E-state index in [4.69, 9.17) is 10.3 Å². The van der Waals surface area contributed by atoms with Gasteiger partial charge in [-0.3, -0.25) is 15.3 Å². The van der Waals surface area contributed by atoms with Crippen LogP contribution in [-0.4, -0.2) is 54.2 Å². The van der Waals surface area contributed by atoms with E-state index in [9.17, 15) is 9.36 Å². The second-order valence-electron chi connectivity index (χ2n) is 3.41. The van der Waals surface area contributed by atoms with Gasteiger partial charge in [0, 0.05) is 0 Å². The van der Waals surface area contributed by atoms with Crippen LogP contribution in [0.5, 0.6) is 0 Å². The fourth-order valence-corrected chi connectivity index (χ4v) is 1.38. The van der Waals surface area contributed by atoms with Gasteiger partial charge in [0.1, 0.15) is 0 Å². The van der Waals surface area contributed by atoms with Crippen molar-refractivity contribution in [3.63, 3.8) is 0 Å². The van der Waals surface area contributed by atoms with Gasteiger partial charge >= 0.3 is 0 Å². The van der Waals surface area contributed by atoms with Gasteiger partial charge in [0.05, 0.1) is 33.1 Å². The average Bonchev–Trinajstić information content (AvgIpc) is 2.02. The highest BCUT2D eigenvalue weighted by atomic mass is 31.2. The van der Waals surface area contributed by atoms with Crippen LogP contribution in [0, 0.1) is 0 Å². The molecule has 0 aliphatic rings. The Morgan fingerprint density at radius 2 is 2.07 bits per heavy atom. The summed E-state index contributed by atoms with van der Waals surface area (Å²) in [4.78, 5) is 10.9. The first kappa shape index (κ1) is 13.6. The predicted octanol–water partition coefficient (Wildman–Crippen LogP) is -0.286. The number of aliphatic hydroxyl groups is 1. The topological polar surface area (TPSA) is 89.9 Å². The summed E-state index contributed by atoms with van der Waals surface area (Å²) in [5.41, 5.74) is 0. The van der Waals surface area contributed by atoms with E-state index in [1.807, 2.05) is 0 Å². The van der Waals surface area contributed by atoms with E-state index in [1.165, 1.54) is 0 Å². The highest BCUT2D eigenvalue weighted by Crippen LogP contribution is 2.33. The summed E-state index contributed by atoms with van der Waals surface area (Å²) in [6.07, 6.45) is 0.143. The summed E-state index contributed by atoms with van der Waals surface area (Å²) >= 11 is 0. The number of nitrogens with one attached hydrogen (secondary N) is 1. The first-order valence-electron chi connectivity index (χ1n) is 4.21. The van der Waals surface area contributed by atoms with Crippen LogP contribution < -0.4 is 5.32 Å². The average molecular weight is 224 g/mol. The van der Waals surface area contributed by atoms with Crippen LogP contribution in [0.1, 0.15) is 6.42 Å². The van der Waals surface area contributed by atoms with Crippen molar-refractivity contribution in [2.75, 3.05) is 32.9 Å². The van der Waals surface area contributed by atoms with Crippen LogP contribution in [0.25, 0.3) is 0 Å². The molecule has 0 saturated heterocycles. The Kier molecular flexibility index (Phi) is 5.95. The van der Waals surface area contributed by atoms with Crippen molar-refractivity contribution in [3.8, 4) is 0 Å². The van der Waals surface area contributed by atoms with Crippen LogP contribution in [0.15, 0.2) is 0 Å². The molecule has 0 aliphatic heterocycles. The molecule has 0 aromatic heterocycles. The molecule has 0 radical (unpaired) electrons. The Balaban J connectivity index is 3.69. The van der Waals surface area contributed by atoms with Gasteiger partial charge in [0.15, 0.2) is 0 Å². The Morgan fingerprint density at radius 3 is 2.50 bits per heavy atom. The first-order chi connectivity index (χ1) is 6.37. The maximum absolute atomic E-state index is 11.2. The van der Waals surface area contributed by atoms with Crippen LogP contribution in [0.2, 0.25) is 0 Å². The monoisotopic (exact) mass is 224 g/mol. The Labute approximate surface area is 83.2 Å². The zero-order valence-electron chi connectivity index (χ0n) is 8.43. The summed E-state index contributed by atoms with van der Waals surface area (Å²) in [6.45, 7) is 2.84. The van der Waals surface area contributed by atoms with Gasteiger partial charge in [-0.25, -0.2) is 5.06 Å². The molecule has 0 fully saturated rings. The Hall–Kier alpha value is -0.420. The molecule has 0 aromatic rings. The zero-order valence-corrected chi connectivity index (χ0v) is 9.33. The number of aliphatic hydroxyl groups excluding tert-OH is 1. The normalized spacial score (nSPS) is 11.4. The van der Waals surface area contributed by atoms with Gasteiger partial charge in [-0.15, -0.1) is 0 Å². The number of rotatable bonds is 6. The van der Waals surface area contributed by atoms with Crippen molar-refractivity contribution in [2.24, 2.45) is 0 Å². The summed E-state index contributed by atoms with van der Waals surface area (Å²) in [6, 6.07) is 0. The fraction of sp³-hybridized carbons (Fsp3) is 0.857. The molecule has 0 aromatic carbocycles. The maximum Gasteiger partial charge on any atom is 0.249 e. The molecule has 6 nitrogen and oxygen atoms in total. The highest BCUT2D eigenvalue weighted by molar-refractivity contribution is 7.62. The lowest BCUT2D eigenvalue weighted by Gasteiger charge is -2.16. The van der Waals surface area contributed by atoms with E-state index < -0.39 is 13.0 Å². The number of amides is 1. The van der Waals surface area contributed by atoms with Gasteiger partial charge < -0.3 is 9.67 Å². The van der Waals surface area contributed by atoms with E-state index in [0.29, 0.717) is 5.06 Å². The number of hydrogen-bond acceptors (Lipinski definition) is 5. The molecular formula is C7H17N2O4P. The van der Waals surface area contributed by atoms with Crippen molar-refractivity contribution in [1.29, 1.82) is 0 Å². The summed E-state index contributed by atoms with van der Waals surface area (Å²) in [5, 5.41) is 20.6. The lowest BCUT2D eigenvalue weighted by atomic mass is 10.4. The zero-order chi connectivity index (χ0) is 11.2. The molecular weight excluding hydrogens is 207 g/mol. The molecule has 0 saturated carbocycles. The second kappa shape index (κ2) is 6.14. The molecule has 0 aliphatic carbocycles. The molecule has 0 heterocycles. The number of hydrogen-bond donors (Lipinski definition) is 3. The van der Waals surface area contributed by atoms with Crippen LogP contribution in [0.4, 0.5) is 0 Å². The van der Waals surface area contributed by atoms with E-state index in [1.54, 1.807) is 13.3 Å². The molecule has 3 N–H and O–H groups in total. The van der Waals surface area contributed by atoms with E-state index in [-0.39, 0.29) is 26.0 Å². The molecule has 1 amide bonds. The van der Waals surface area contributed by atoms with Crippen molar-refractivity contribution in [1.82, 2.24) is 10.4 Å². The third-order valence-electron chi connectivity index (χ3n) is 1.37. The van der Waals surface area contributed by atoms with Crippen molar-refractivity contribution >= 4 is 13.0 Å². The Bertz CT molecular complexity index is 228. The fourth-order valence-electron chi connectivity index (χ4n) is 0.738. The summed E-state index contributed by atoms with van der Waals surface area (Å²) < 4.78 is 11.2. The third-order valence-corrected chi connectivity index (χ3v) is 2.35. The predicted molar refractivity (Wildman–Crippen MR) is 52.7 cm³/mol. The lowest BCUT2D eigenvalue weighted by Crippen LogP contribution is -2.36. The number of carbonyl (C=O) groups is 1. The Morgan fingerprint density at radius 1 is 1.50 bits per heavy atom. The standard InChI is InChI=1S/C7H17N2O4P/c1-14(2,13)6-8-5-9(12)7(11)3-4-10/h8,10,12H,3-6H2,1-2H3. The summed E-state index contributed by atoms with van der Waals surface area (Å²) in [5.74, 6) is -0.568. The largest absolute Gasteiger partial charge is 0.396 e. The summed E-state index contributed by atoms with van der Waals surface area (Å²) in [7, 11) is -2.18. The van der Waals surface area contributed by atoms with Crippen LogP contribution in [0.3, 0.4) is 0 Å². The van der Waals surface area contributed by atoms with Gasteiger partial charge in [-0.2, -0.15) is 0 Å². The molecule has 14 heavy (non-hydrogen) atoms. The molecule has 7 heteroatoms. The molecule has 84 valence electrons. The van der Waals surface area contributed by atoms with Crippen molar-refractivity contribution in [3.05, 3.63) is 0 Å². The van der Waals surface area contributed by atoms with Gasteiger partial charge in [0.2, 0.25) is 5.91 Å². The molecule has 0 rings (SSSR count). The van der Waals surface area contributed by atoms with Crippen LogP contribution in [-0.2, 0) is 9.36 Å². The minimum atomic E-state index is -2.18. The van der Waals surface area contributed by atoms with Gasteiger partial charge in [-0.05, 0) is 13.3 Å². The minimum absolute atomic E-state index is 0.0789. The third kappa shape index (κ3) is 7.03. The highest BCUT2D eigenvalue weighted by Gasteiger charge is 2.11. The van der Waals surface area contributed by atoms with E-state index in [2.05, 4.69) is 5.32 Å². The SMILES string of the molecule is CP(C)(=O)CNCN(O)C(=O)CCO. The quantitative estimate of drug-likeness (QED) is 0.250. The molecule has 0 bridgehead atoms.